The van der Waals surface area contributed by atoms with E-state index in [1.54, 1.807) is 0 Å². The quantitative estimate of drug-likeness (QED) is 0.253. The van der Waals surface area contributed by atoms with Crippen LogP contribution in [0.15, 0.2) is 10.2 Å². The predicted molar refractivity (Wildman–Crippen MR) is 55.1 cm³/mol. The van der Waals surface area contributed by atoms with Crippen molar-refractivity contribution in [3.63, 3.8) is 0 Å². The average Bonchev–Trinajstić information content (AvgIpc) is 3.21. The predicted octanol–water partition coefficient (Wildman–Crippen LogP) is 5.69. The lowest BCUT2D eigenvalue weighted by molar-refractivity contribution is -0.453. The molecule has 0 aromatic rings. The Morgan fingerprint density at radius 3 is 1.21 bits per heavy atom. The third-order valence-electron chi connectivity index (χ3n) is 3.09. The highest BCUT2D eigenvalue weighted by Gasteiger charge is 2.93. The van der Waals surface area contributed by atoms with E-state index in [0.717, 1.165) is 0 Å². The number of hydrogen-bond donors (Lipinski definition) is 0. The lowest BCUT2D eigenvalue weighted by Crippen LogP contribution is -2.73. The zero-order valence-electron chi connectivity index (χ0n) is 12.1. The summed E-state index contributed by atoms with van der Waals surface area (Å²) < 4.78 is 196. The summed E-state index contributed by atoms with van der Waals surface area (Å²) in [5.74, 6) is -47.0. The van der Waals surface area contributed by atoms with Crippen LogP contribution in [-0.4, -0.2) is 53.6 Å². The van der Waals surface area contributed by atoms with Gasteiger partial charge in [0.1, 0.15) is 6.61 Å². The van der Waals surface area contributed by atoms with Crippen LogP contribution in [0.5, 0.6) is 0 Å². The van der Waals surface area contributed by atoms with Gasteiger partial charge in [0.15, 0.2) is 0 Å². The van der Waals surface area contributed by atoms with Gasteiger partial charge in [-0.25, -0.2) is 0 Å². The van der Waals surface area contributed by atoms with Gasteiger partial charge >= 0.3 is 47.0 Å². The van der Waals surface area contributed by atoms with Gasteiger partial charge in [0.25, 0.3) is 0 Å². The van der Waals surface area contributed by atoms with Crippen molar-refractivity contribution < 1.29 is 70.6 Å². The Hall–Kier alpha value is -1.20. The van der Waals surface area contributed by atoms with Crippen molar-refractivity contribution in [2.45, 2.75) is 47.0 Å². The van der Waals surface area contributed by atoms with Crippen LogP contribution in [0, 0.1) is 0 Å². The van der Waals surface area contributed by atoms with E-state index in [0.29, 0.717) is 0 Å². The number of alkyl halides is 16. The molecule has 0 aromatic carbocycles. The lowest BCUT2D eigenvalue weighted by atomic mass is 9.91. The highest BCUT2D eigenvalue weighted by molar-refractivity contribution is 6.23. The first kappa shape index (κ1) is 24.8. The molecule has 0 atom stereocenters. The van der Waals surface area contributed by atoms with Crippen molar-refractivity contribution in [1.29, 1.82) is 0 Å². The fraction of sp³-hybridized carbons (Fsp3) is 1.00. The largest absolute Gasteiger partial charge is 0.460 e. The van der Waals surface area contributed by atoms with Gasteiger partial charge in [0.05, 0.1) is 0 Å². The van der Waals surface area contributed by atoms with Crippen LogP contribution in [0.4, 0.5) is 65.9 Å². The number of nitrogens with zero attached hydrogens (tertiary/aromatic N) is 2. The second-order valence-corrected chi connectivity index (χ2v) is 5.58. The van der Waals surface area contributed by atoms with Crippen LogP contribution < -0.4 is 0 Å². The number of rotatable bonds is 8. The summed E-state index contributed by atoms with van der Waals surface area (Å²) in [5, 5.41) is 2.28. The van der Waals surface area contributed by atoms with Crippen molar-refractivity contribution in [2.75, 3.05) is 6.61 Å². The minimum absolute atomic E-state index is 2.54. The molecular weight excluding hydrogens is 473 g/mol. The molecule has 28 heavy (non-hydrogen) atoms. The Kier molecular flexibility index (Phi) is 5.45. The monoisotopic (exact) mass is 474 g/mol. The van der Waals surface area contributed by atoms with Crippen LogP contribution in [0.3, 0.4) is 0 Å². The fourth-order valence-electron chi connectivity index (χ4n) is 1.37. The molecule has 0 amide bonds. The van der Waals surface area contributed by atoms with Crippen LogP contribution >= 0.6 is 11.6 Å². The summed E-state index contributed by atoms with van der Waals surface area (Å²) in [6.45, 7) is -3.04. The fourth-order valence-corrected chi connectivity index (χ4v) is 1.46. The van der Waals surface area contributed by atoms with Crippen LogP contribution in [0.2, 0.25) is 0 Å². The van der Waals surface area contributed by atoms with Gasteiger partial charge in [-0.05, 0) is 11.6 Å². The first-order valence-corrected chi connectivity index (χ1v) is 6.40. The summed E-state index contributed by atoms with van der Waals surface area (Å²) in [6.07, 6.45) is -7.64. The maximum absolute atomic E-state index is 13.3. The van der Waals surface area contributed by atoms with Crippen molar-refractivity contribution >= 4 is 11.6 Å². The highest BCUT2D eigenvalue weighted by atomic mass is 35.5. The first-order chi connectivity index (χ1) is 11.9. The van der Waals surface area contributed by atoms with Gasteiger partial charge in [-0.15, -0.1) is 10.2 Å². The number of hydrogen-bond acceptors (Lipinski definition) is 3. The molecule has 1 heterocycles. The molecule has 166 valence electrons. The van der Waals surface area contributed by atoms with Crippen molar-refractivity contribution in [2.24, 2.45) is 10.2 Å². The summed E-state index contributed by atoms with van der Waals surface area (Å²) in [7, 11) is 0. The lowest BCUT2D eigenvalue weighted by Gasteiger charge is -2.41. The Morgan fingerprint density at radius 2 is 0.893 bits per heavy atom. The number of ether oxygens (including phenoxy) is 1. The Balaban J connectivity index is 3.35. The van der Waals surface area contributed by atoms with E-state index in [1.165, 1.54) is 0 Å². The molecule has 0 aromatic heterocycles. The molecule has 1 aliphatic rings. The normalized spacial score (nSPS) is 19.1. The molecule has 0 unspecified atom stereocenters. The first-order valence-electron chi connectivity index (χ1n) is 6.02. The molecule has 0 fully saturated rings. The van der Waals surface area contributed by atoms with E-state index in [4.69, 9.17) is 11.6 Å². The van der Waals surface area contributed by atoms with Crippen LogP contribution in [0.25, 0.3) is 0 Å². The van der Waals surface area contributed by atoms with Gasteiger partial charge in [0.2, 0.25) is 0 Å². The summed E-state index contributed by atoms with van der Waals surface area (Å²) >= 11 is 4.87. The van der Waals surface area contributed by atoms with E-state index >= 15 is 0 Å². The van der Waals surface area contributed by atoms with Crippen LogP contribution in [-0.2, 0) is 4.74 Å². The standard InChI is InChI=1S/C9H2ClF15N2O/c10-9(26-27-9)28-1-2(11,12)3(13,14)4(15,16)5(17,18)6(19,20)7(21,22)8(23,24)25/h1H2. The molecule has 19 heteroatoms. The molecule has 0 radical (unpaired) electrons. The molecule has 0 saturated carbocycles. The molecule has 0 saturated heterocycles. The average molecular weight is 475 g/mol. The molecule has 1 rings (SSSR count). The molecule has 0 bridgehead atoms. The third-order valence-corrected chi connectivity index (χ3v) is 3.35. The van der Waals surface area contributed by atoms with Crippen molar-refractivity contribution in [1.82, 2.24) is 0 Å². The van der Waals surface area contributed by atoms with E-state index < -0.39 is 53.6 Å². The Morgan fingerprint density at radius 1 is 0.571 bits per heavy atom. The highest BCUT2D eigenvalue weighted by Crippen LogP contribution is 2.62. The van der Waals surface area contributed by atoms with Gasteiger partial charge in [0, 0.05) is 0 Å². The maximum Gasteiger partial charge on any atom is 0.460 e. The molecule has 3 nitrogen and oxygen atoms in total. The summed E-state index contributed by atoms with van der Waals surface area (Å²) in [5.41, 5.74) is 0. The van der Waals surface area contributed by atoms with Crippen LogP contribution in [0.1, 0.15) is 0 Å². The second-order valence-electron chi connectivity index (χ2n) is 5.09. The minimum Gasteiger partial charge on any atom is -0.314 e. The summed E-state index contributed by atoms with van der Waals surface area (Å²) in [6, 6.07) is 0. The van der Waals surface area contributed by atoms with E-state index in [2.05, 4.69) is 15.0 Å². The smallest absolute Gasteiger partial charge is 0.314 e. The maximum atomic E-state index is 13.3. The second kappa shape index (κ2) is 6.15. The van der Waals surface area contributed by atoms with Gasteiger partial charge in [-0.3, -0.25) is 0 Å². The third kappa shape index (κ3) is 3.35. The van der Waals surface area contributed by atoms with E-state index in [9.17, 15) is 65.9 Å². The minimum atomic E-state index is -8.33. The zero-order valence-corrected chi connectivity index (χ0v) is 12.8. The van der Waals surface area contributed by atoms with Gasteiger partial charge < -0.3 is 4.74 Å². The molecule has 0 N–H and O–H groups in total. The Labute approximate surface area is 147 Å². The topological polar surface area (TPSA) is 34.0 Å². The van der Waals surface area contributed by atoms with Crippen molar-refractivity contribution in [3.8, 4) is 0 Å². The molecular formula is C9H2ClF15N2O. The van der Waals surface area contributed by atoms with Gasteiger partial charge in [-0.1, -0.05) is 0 Å². The Bertz CT molecular complexity index is 636. The molecule has 0 spiro atoms. The zero-order chi connectivity index (χ0) is 22.8. The van der Waals surface area contributed by atoms with E-state index in [1.807, 2.05) is 0 Å². The summed E-state index contributed by atoms with van der Waals surface area (Å²) in [4.78, 5) is 0. The molecule has 1 aliphatic heterocycles. The van der Waals surface area contributed by atoms with E-state index in [-0.39, 0.29) is 0 Å². The van der Waals surface area contributed by atoms with Gasteiger partial charge in [-0.2, -0.15) is 65.9 Å². The van der Waals surface area contributed by atoms with Crippen molar-refractivity contribution in [3.05, 3.63) is 0 Å². The SMILES string of the molecule is FC(F)(F)C(F)(F)C(F)(F)C(F)(F)C(F)(F)C(F)(F)C(F)(F)COC1(Cl)N=N1. The number of halogens is 16. The molecule has 0 aliphatic carbocycles.